The molecule has 2 atom stereocenters. The second kappa shape index (κ2) is 7.15. The molecular formula is C30H24BN2. The average Bonchev–Trinajstić information content (AvgIpc) is 3.38. The van der Waals surface area contributed by atoms with Gasteiger partial charge in [0.15, 0.2) is 0 Å². The highest BCUT2D eigenvalue weighted by atomic mass is 15.2. The van der Waals surface area contributed by atoms with E-state index in [1.807, 2.05) is 0 Å². The molecule has 0 saturated heterocycles. The molecular weight excluding hydrogens is 399 g/mol. The van der Waals surface area contributed by atoms with Gasteiger partial charge >= 0.3 is 0 Å². The first-order valence-electron chi connectivity index (χ1n) is 11.8. The molecule has 0 bridgehead atoms. The van der Waals surface area contributed by atoms with E-state index < -0.39 is 0 Å². The smallest absolute Gasteiger partial charge is 0.148 e. The highest BCUT2D eigenvalue weighted by Gasteiger charge is 2.44. The first kappa shape index (κ1) is 18.8. The van der Waals surface area contributed by atoms with Gasteiger partial charge < -0.3 is 9.47 Å². The van der Waals surface area contributed by atoms with E-state index in [4.69, 9.17) is 0 Å². The van der Waals surface area contributed by atoms with Gasteiger partial charge in [-0.05, 0) is 48.6 Å². The summed E-state index contributed by atoms with van der Waals surface area (Å²) in [4.78, 5) is 2.59. The Balaban J connectivity index is 1.56. The summed E-state index contributed by atoms with van der Waals surface area (Å²) in [5.74, 6) is 2.47. The quantitative estimate of drug-likeness (QED) is 0.304. The topological polar surface area (TPSA) is 8.17 Å². The fraction of sp³-hybridized carbons (Fsp3) is 0.133. The Bertz CT molecular complexity index is 1500. The molecule has 157 valence electrons. The lowest BCUT2D eigenvalue weighted by Crippen LogP contribution is -2.27. The number of aryl methyl sites for hydroxylation is 1. The van der Waals surface area contributed by atoms with Gasteiger partial charge in [0.1, 0.15) is 7.28 Å². The van der Waals surface area contributed by atoms with Crippen LogP contribution in [0.15, 0.2) is 97.0 Å². The molecule has 1 aliphatic carbocycles. The molecule has 0 N–H and O–H groups in total. The standard InChI is InChI=1S/C30H24BN2/c1-20-9-2-5-13-26(20)33-28-15-7-4-12-23(28)25-17-16-24-22-11-3-6-14-27(22)32(29(24)30(25)33)21-10-8-18-31-19-21/h2-18,25,30H,19H2,1H3. The first-order chi connectivity index (χ1) is 16.3. The lowest BCUT2D eigenvalue weighted by Gasteiger charge is -2.34. The van der Waals surface area contributed by atoms with Crippen LogP contribution in [0.2, 0.25) is 6.32 Å². The maximum atomic E-state index is 2.59. The number of hydrogen-bond acceptors (Lipinski definition) is 1. The minimum atomic E-state index is 0.211. The highest BCUT2D eigenvalue weighted by Crippen LogP contribution is 2.57. The van der Waals surface area contributed by atoms with Crippen LogP contribution < -0.4 is 4.90 Å². The van der Waals surface area contributed by atoms with Crippen molar-refractivity contribution in [3.63, 3.8) is 0 Å². The van der Waals surface area contributed by atoms with Crippen molar-refractivity contribution in [2.45, 2.75) is 25.2 Å². The number of para-hydroxylation sites is 3. The Morgan fingerprint density at radius 1 is 0.879 bits per heavy atom. The van der Waals surface area contributed by atoms with E-state index in [2.05, 4.69) is 127 Å². The Morgan fingerprint density at radius 2 is 1.67 bits per heavy atom. The zero-order valence-corrected chi connectivity index (χ0v) is 18.6. The Morgan fingerprint density at radius 3 is 2.52 bits per heavy atom. The molecule has 2 aliphatic heterocycles. The van der Waals surface area contributed by atoms with Gasteiger partial charge in [0.05, 0.1) is 17.3 Å². The van der Waals surface area contributed by atoms with E-state index in [1.54, 1.807) is 0 Å². The molecule has 1 aromatic heterocycles. The van der Waals surface area contributed by atoms with E-state index in [1.165, 1.54) is 50.4 Å². The van der Waals surface area contributed by atoms with Crippen LogP contribution in [0.4, 0.5) is 11.4 Å². The molecule has 33 heavy (non-hydrogen) atoms. The third kappa shape index (κ3) is 2.62. The zero-order valence-electron chi connectivity index (χ0n) is 18.6. The fourth-order valence-electron chi connectivity index (χ4n) is 6.01. The van der Waals surface area contributed by atoms with Gasteiger partial charge in [-0.25, -0.2) is 0 Å². The number of rotatable bonds is 2. The average molecular weight is 423 g/mol. The number of fused-ring (bicyclic) bond motifs is 7. The number of benzene rings is 3. The summed E-state index contributed by atoms with van der Waals surface area (Å²) >= 11 is 0. The Kier molecular flexibility index (Phi) is 4.07. The zero-order chi connectivity index (χ0) is 21.9. The third-order valence-corrected chi connectivity index (χ3v) is 7.40. The predicted octanol–water partition coefficient (Wildman–Crippen LogP) is 7.44. The van der Waals surface area contributed by atoms with Crippen LogP contribution in [0.1, 0.15) is 34.3 Å². The van der Waals surface area contributed by atoms with Crippen molar-refractivity contribution in [1.82, 2.24) is 4.57 Å². The summed E-state index contributed by atoms with van der Waals surface area (Å²) in [6.45, 7) is 2.23. The van der Waals surface area contributed by atoms with Crippen LogP contribution in [-0.4, -0.2) is 11.8 Å². The summed E-state index contributed by atoms with van der Waals surface area (Å²) in [5, 5.41) is 1.33. The second-order valence-electron chi connectivity index (χ2n) is 9.18. The molecule has 1 radical (unpaired) electrons. The SMILES string of the molecule is Cc1ccccc1N1c2ccccc2C2C=Cc3c(n(C4=CC=C[B]C4)c4ccccc34)C21. The van der Waals surface area contributed by atoms with Crippen molar-refractivity contribution in [3.8, 4) is 0 Å². The fourth-order valence-corrected chi connectivity index (χ4v) is 6.01. The molecule has 0 fully saturated rings. The lowest BCUT2D eigenvalue weighted by molar-refractivity contribution is 0.637. The van der Waals surface area contributed by atoms with Gasteiger partial charge in [-0.15, -0.1) is 5.98 Å². The second-order valence-corrected chi connectivity index (χ2v) is 9.18. The van der Waals surface area contributed by atoms with Gasteiger partial charge in [-0.1, -0.05) is 72.8 Å². The molecule has 3 aromatic carbocycles. The van der Waals surface area contributed by atoms with E-state index in [0.717, 1.165) is 6.32 Å². The molecule has 3 aliphatic rings. The first-order valence-corrected chi connectivity index (χ1v) is 11.8. The Hall–Kier alpha value is -3.72. The van der Waals surface area contributed by atoms with E-state index >= 15 is 0 Å². The van der Waals surface area contributed by atoms with Crippen molar-refractivity contribution in [2.75, 3.05) is 4.90 Å². The normalized spacial score (nSPS) is 20.3. The summed E-state index contributed by atoms with van der Waals surface area (Å²) < 4.78 is 2.54. The lowest BCUT2D eigenvalue weighted by atomic mass is 9.70. The Labute approximate surface area is 195 Å². The van der Waals surface area contributed by atoms with Crippen LogP contribution in [-0.2, 0) is 0 Å². The summed E-state index contributed by atoms with van der Waals surface area (Å²) in [6, 6.07) is 26.8. The van der Waals surface area contributed by atoms with Crippen molar-refractivity contribution < 1.29 is 0 Å². The minimum absolute atomic E-state index is 0.211. The molecule has 3 heterocycles. The number of hydrogen-bond donors (Lipinski definition) is 0. The summed E-state index contributed by atoms with van der Waals surface area (Å²) in [5.41, 5.74) is 10.7. The van der Waals surface area contributed by atoms with Crippen LogP contribution in [0.3, 0.4) is 0 Å². The number of allylic oxidation sites excluding steroid dienone is 3. The predicted molar refractivity (Wildman–Crippen MR) is 140 cm³/mol. The molecule has 2 unspecified atom stereocenters. The van der Waals surface area contributed by atoms with Crippen molar-refractivity contribution in [2.24, 2.45) is 0 Å². The van der Waals surface area contributed by atoms with Gasteiger partial charge in [0, 0.05) is 33.9 Å². The van der Waals surface area contributed by atoms with Crippen molar-refractivity contribution >= 4 is 41.3 Å². The third-order valence-electron chi connectivity index (χ3n) is 7.40. The van der Waals surface area contributed by atoms with E-state index in [9.17, 15) is 0 Å². The minimum Gasteiger partial charge on any atom is -0.331 e. The molecule has 2 nitrogen and oxygen atoms in total. The maximum absolute atomic E-state index is 2.59. The highest BCUT2D eigenvalue weighted by molar-refractivity contribution is 6.45. The van der Waals surface area contributed by atoms with Crippen LogP contribution in [0.5, 0.6) is 0 Å². The van der Waals surface area contributed by atoms with Crippen LogP contribution in [0.25, 0.3) is 22.7 Å². The van der Waals surface area contributed by atoms with Crippen LogP contribution >= 0.6 is 0 Å². The number of nitrogens with zero attached hydrogens (tertiary/aromatic N) is 2. The van der Waals surface area contributed by atoms with E-state index in [0.29, 0.717) is 5.92 Å². The summed E-state index contributed by atoms with van der Waals surface area (Å²) in [7, 11) is 2.26. The molecule has 0 spiro atoms. The van der Waals surface area contributed by atoms with Crippen LogP contribution in [0, 0.1) is 6.92 Å². The number of anilines is 2. The summed E-state index contributed by atoms with van der Waals surface area (Å²) in [6.07, 6.45) is 10.2. The maximum Gasteiger partial charge on any atom is 0.148 e. The van der Waals surface area contributed by atoms with Gasteiger partial charge in [0.25, 0.3) is 0 Å². The molecule has 4 aromatic rings. The van der Waals surface area contributed by atoms with Gasteiger partial charge in [0.2, 0.25) is 0 Å². The van der Waals surface area contributed by atoms with Gasteiger partial charge in [-0.3, -0.25) is 0 Å². The number of aromatic nitrogens is 1. The molecule has 3 heteroatoms. The van der Waals surface area contributed by atoms with E-state index in [-0.39, 0.29) is 6.04 Å². The molecule has 7 rings (SSSR count). The van der Waals surface area contributed by atoms with Crippen molar-refractivity contribution in [3.05, 3.63) is 119 Å². The monoisotopic (exact) mass is 423 g/mol. The molecule has 0 amide bonds. The molecule has 0 saturated carbocycles. The largest absolute Gasteiger partial charge is 0.331 e. The van der Waals surface area contributed by atoms with Gasteiger partial charge in [-0.2, -0.15) is 0 Å². The van der Waals surface area contributed by atoms with Crippen molar-refractivity contribution in [1.29, 1.82) is 0 Å².